The van der Waals surface area contributed by atoms with Crippen LogP contribution in [0.2, 0.25) is 5.02 Å². The van der Waals surface area contributed by atoms with Gasteiger partial charge in [0.25, 0.3) is 0 Å². The molecule has 0 N–H and O–H groups in total. The fourth-order valence-electron chi connectivity index (χ4n) is 1.69. The van der Waals surface area contributed by atoms with Crippen LogP contribution in [0, 0.1) is 5.92 Å². The summed E-state index contributed by atoms with van der Waals surface area (Å²) in [7, 11) is 1.43. The average Bonchev–Trinajstić information content (AvgIpc) is 2.98. The molecule has 2 nitrogen and oxygen atoms in total. The van der Waals surface area contributed by atoms with Crippen molar-refractivity contribution >= 4 is 17.6 Å². The second kappa shape index (κ2) is 3.62. The number of esters is 1. The van der Waals surface area contributed by atoms with Gasteiger partial charge in [-0.25, -0.2) is 0 Å². The second-order valence-corrected chi connectivity index (χ2v) is 3.96. The summed E-state index contributed by atoms with van der Waals surface area (Å²) in [6.45, 7) is 0. The highest BCUT2D eigenvalue weighted by Gasteiger charge is 2.44. The molecule has 0 bridgehead atoms. The molecule has 0 amide bonds. The molecular weight excluding hydrogens is 200 g/mol. The number of halogens is 1. The first-order chi connectivity index (χ1) is 6.72. The molecule has 2 unspecified atom stereocenters. The first-order valence-electron chi connectivity index (χ1n) is 4.55. The zero-order valence-corrected chi connectivity index (χ0v) is 8.62. The van der Waals surface area contributed by atoms with Crippen molar-refractivity contribution in [2.75, 3.05) is 7.11 Å². The molecule has 1 aromatic carbocycles. The van der Waals surface area contributed by atoms with Crippen molar-refractivity contribution in [2.24, 2.45) is 5.92 Å². The van der Waals surface area contributed by atoms with E-state index in [1.54, 1.807) is 0 Å². The Balaban J connectivity index is 2.06. The number of benzene rings is 1. The third-order valence-corrected chi connectivity index (χ3v) is 2.84. The van der Waals surface area contributed by atoms with Crippen molar-refractivity contribution in [3.63, 3.8) is 0 Å². The summed E-state index contributed by atoms with van der Waals surface area (Å²) < 4.78 is 4.68. The standard InChI is InChI=1S/C11H11ClO2/c1-14-11(13)10-6-9(10)7-2-4-8(12)5-3-7/h2-5,9-10H,6H2,1H3. The predicted molar refractivity (Wildman–Crippen MR) is 54.3 cm³/mol. The molecule has 2 atom stereocenters. The van der Waals surface area contributed by atoms with Gasteiger partial charge in [-0.15, -0.1) is 0 Å². The Morgan fingerprint density at radius 2 is 2.07 bits per heavy atom. The third kappa shape index (κ3) is 1.75. The van der Waals surface area contributed by atoms with Gasteiger partial charge in [0.15, 0.2) is 0 Å². The molecule has 0 heterocycles. The number of carbonyl (C=O) groups is 1. The van der Waals surface area contributed by atoms with Crippen LogP contribution in [0.4, 0.5) is 0 Å². The van der Waals surface area contributed by atoms with E-state index in [9.17, 15) is 4.79 Å². The van der Waals surface area contributed by atoms with Crippen LogP contribution in [-0.4, -0.2) is 13.1 Å². The molecule has 2 rings (SSSR count). The van der Waals surface area contributed by atoms with Gasteiger partial charge in [0.05, 0.1) is 13.0 Å². The zero-order valence-electron chi connectivity index (χ0n) is 7.87. The number of carbonyl (C=O) groups excluding carboxylic acids is 1. The van der Waals surface area contributed by atoms with Crippen molar-refractivity contribution in [2.45, 2.75) is 12.3 Å². The minimum absolute atomic E-state index is 0.0566. The number of rotatable bonds is 2. The van der Waals surface area contributed by atoms with E-state index in [-0.39, 0.29) is 11.9 Å². The van der Waals surface area contributed by atoms with Gasteiger partial charge < -0.3 is 4.74 Å². The summed E-state index contributed by atoms with van der Waals surface area (Å²) in [5, 5.41) is 0.726. The molecule has 0 radical (unpaired) electrons. The normalized spacial score (nSPS) is 24.4. The van der Waals surface area contributed by atoms with Crippen molar-refractivity contribution in [1.29, 1.82) is 0 Å². The lowest BCUT2D eigenvalue weighted by Gasteiger charge is -1.99. The van der Waals surface area contributed by atoms with E-state index in [0.29, 0.717) is 5.92 Å². The Morgan fingerprint density at radius 1 is 1.43 bits per heavy atom. The lowest BCUT2D eigenvalue weighted by Crippen LogP contribution is -2.03. The van der Waals surface area contributed by atoms with Crippen molar-refractivity contribution in [3.8, 4) is 0 Å². The molecule has 0 saturated heterocycles. The molecular formula is C11H11ClO2. The summed E-state index contributed by atoms with van der Waals surface area (Å²) in [4.78, 5) is 11.2. The highest BCUT2D eigenvalue weighted by atomic mass is 35.5. The van der Waals surface area contributed by atoms with Crippen LogP contribution in [-0.2, 0) is 9.53 Å². The lowest BCUT2D eigenvalue weighted by atomic mass is 10.1. The van der Waals surface area contributed by atoms with Gasteiger partial charge in [0.2, 0.25) is 0 Å². The Morgan fingerprint density at radius 3 is 2.64 bits per heavy atom. The van der Waals surface area contributed by atoms with E-state index in [4.69, 9.17) is 11.6 Å². The van der Waals surface area contributed by atoms with Crippen LogP contribution in [0.1, 0.15) is 17.9 Å². The number of ether oxygens (including phenoxy) is 1. The predicted octanol–water partition coefficient (Wildman–Crippen LogP) is 2.62. The van der Waals surface area contributed by atoms with E-state index >= 15 is 0 Å². The largest absolute Gasteiger partial charge is 0.469 e. The third-order valence-electron chi connectivity index (χ3n) is 2.59. The molecule has 1 aliphatic carbocycles. The smallest absolute Gasteiger partial charge is 0.309 e. The summed E-state index contributed by atoms with van der Waals surface area (Å²) >= 11 is 5.77. The minimum Gasteiger partial charge on any atom is -0.469 e. The van der Waals surface area contributed by atoms with E-state index in [1.807, 2.05) is 24.3 Å². The first-order valence-corrected chi connectivity index (χ1v) is 4.93. The number of methoxy groups -OCH3 is 1. The van der Waals surface area contributed by atoms with Crippen LogP contribution < -0.4 is 0 Å². The Hall–Kier alpha value is -1.02. The quantitative estimate of drug-likeness (QED) is 0.702. The molecule has 0 spiro atoms. The fraction of sp³-hybridized carbons (Fsp3) is 0.364. The zero-order chi connectivity index (χ0) is 10.1. The van der Waals surface area contributed by atoms with Crippen LogP contribution >= 0.6 is 11.6 Å². The van der Waals surface area contributed by atoms with Gasteiger partial charge in [0, 0.05) is 5.02 Å². The molecule has 1 fully saturated rings. The maximum Gasteiger partial charge on any atom is 0.309 e. The first kappa shape index (κ1) is 9.53. The van der Waals surface area contributed by atoms with Crippen LogP contribution in [0.25, 0.3) is 0 Å². The van der Waals surface area contributed by atoms with Crippen LogP contribution in [0.15, 0.2) is 24.3 Å². The van der Waals surface area contributed by atoms with Crippen LogP contribution in [0.5, 0.6) is 0 Å². The molecule has 0 aliphatic heterocycles. The van der Waals surface area contributed by atoms with Crippen molar-refractivity contribution < 1.29 is 9.53 Å². The van der Waals surface area contributed by atoms with E-state index in [0.717, 1.165) is 11.4 Å². The van der Waals surface area contributed by atoms with Gasteiger partial charge in [0.1, 0.15) is 0 Å². The highest BCUT2D eigenvalue weighted by Crippen LogP contribution is 2.48. The minimum atomic E-state index is -0.107. The Kier molecular flexibility index (Phi) is 2.46. The summed E-state index contributed by atoms with van der Waals surface area (Å²) in [5.74, 6) is 0.283. The maximum atomic E-state index is 11.2. The van der Waals surface area contributed by atoms with Crippen molar-refractivity contribution in [3.05, 3.63) is 34.9 Å². The molecule has 14 heavy (non-hydrogen) atoms. The SMILES string of the molecule is COC(=O)C1CC1c1ccc(Cl)cc1. The molecule has 3 heteroatoms. The van der Waals surface area contributed by atoms with Gasteiger partial charge in [-0.1, -0.05) is 23.7 Å². The average molecular weight is 211 g/mol. The lowest BCUT2D eigenvalue weighted by molar-refractivity contribution is -0.142. The number of hydrogen-bond acceptors (Lipinski definition) is 2. The molecule has 0 aromatic heterocycles. The summed E-state index contributed by atoms with van der Waals surface area (Å²) in [5.41, 5.74) is 1.17. The highest BCUT2D eigenvalue weighted by molar-refractivity contribution is 6.30. The summed E-state index contributed by atoms with van der Waals surface area (Å²) in [6, 6.07) is 7.64. The van der Waals surface area contributed by atoms with E-state index in [1.165, 1.54) is 12.7 Å². The van der Waals surface area contributed by atoms with E-state index in [2.05, 4.69) is 4.74 Å². The second-order valence-electron chi connectivity index (χ2n) is 3.52. The molecule has 74 valence electrons. The Labute approximate surface area is 87.8 Å². The van der Waals surface area contributed by atoms with Crippen molar-refractivity contribution in [1.82, 2.24) is 0 Å². The monoisotopic (exact) mass is 210 g/mol. The number of hydrogen-bond donors (Lipinski definition) is 0. The summed E-state index contributed by atoms with van der Waals surface area (Å²) in [6.07, 6.45) is 0.897. The maximum absolute atomic E-state index is 11.2. The van der Waals surface area contributed by atoms with Gasteiger partial charge in [-0.3, -0.25) is 4.79 Å². The van der Waals surface area contributed by atoms with Crippen LogP contribution in [0.3, 0.4) is 0 Å². The van der Waals surface area contributed by atoms with Gasteiger partial charge in [-0.05, 0) is 30.0 Å². The molecule has 1 aliphatic rings. The van der Waals surface area contributed by atoms with Gasteiger partial charge >= 0.3 is 5.97 Å². The Bertz CT molecular complexity index is 345. The topological polar surface area (TPSA) is 26.3 Å². The van der Waals surface area contributed by atoms with E-state index < -0.39 is 0 Å². The van der Waals surface area contributed by atoms with Gasteiger partial charge in [-0.2, -0.15) is 0 Å². The molecule has 1 aromatic rings. The fourth-order valence-corrected chi connectivity index (χ4v) is 1.81. The molecule has 1 saturated carbocycles.